The lowest BCUT2D eigenvalue weighted by Gasteiger charge is -2.35. The Balaban J connectivity index is 1.00. The third kappa shape index (κ3) is 7.30. The third-order valence-electron chi connectivity index (χ3n) is 11.0. The van der Waals surface area contributed by atoms with Crippen LogP contribution < -0.4 is 11.5 Å². The fraction of sp³-hybridized carbons (Fsp3) is 0.273. The van der Waals surface area contributed by atoms with Crippen molar-refractivity contribution >= 4 is 46.1 Å². The number of hydrogen-bond acceptors (Lipinski definition) is 8. The van der Waals surface area contributed by atoms with Gasteiger partial charge in [0.25, 0.3) is 11.8 Å². The Morgan fingerprint density at radius 1 is 0.759 bits per heavy atom. The van der Waals surface area contributed by atoms with Gasteiger partial charge in [0.05, 0.1) is 34.2 Å². The molecule has 294 valence electrons. The largest absolute Gasteiger partial charge is 0.431 e. The van der Waals surface area contributed by atoms with Crippen molar-refractivity contribution in [2.45, 2.75) is 63.3 Å². The average Bonchev–Trinajstić information content (AvgIpc) is 4.04. The van der Waals surface area contributed by atoms with Crippen LogP contribution in [0.5, 0.6) is 0 Å². The predicted octanol–water partition coefficient (Wildman–Crippen LogP) is 6.32. The van der Waals surface area contributed by atoms with Crippen molar-refractivity contribution in [3.8, 4) is 11.8 Å². The van der Waals surface area contributed by atoms with Crippen LogP contribution in [-0.4, -0.2) is 66.8 Å². The van der Waals surface area contributed by atoms with E-state index in [9.17, 15) is 19.2 Å². The van der Waals surface area contributed by atoms with Crippen LogP contribution in [0.4, 0.5) is 9.59 Å². The summed E-state index contributed by atoms with van der Waals surface area (Å²) in [7, 11) is 0. The van der Waals surface area contributed by atoms with Gasteiger partial charge in [-0.05, 0) is 81.5 Å². The van der Waals surface area contributed by atoms with E-state index in [-0.39, 0.29) is 23.9 Å². The van der Waals surface area contributed by atoms with Crippen LogP contribution in [0.2, 0.25) is 0 Å². The summed E-state index contributed by atoms with van der Waals surface area (Å²) in [6.07, 6.45) is -0.312. The molecular formula is C44H42N8O6. The second-order valence-corrected chi connectivity index (χ2v) is 14.8. The van der Waals surface area contributed by atoms with E-state index in [0.717, 1.165) is 51.6 Å². The van der Waals surface area contributed by atoms with Crippen molar-refractivity contribution in [1.29, 1.82) is 0 Å². The molecule has 58 heavy (non-hydrogen) atoms. The van der Waals surface area contributed by atoms with Crippen molar-refractivity contribution in [2.24, 2.45) is 11.5 Å². The fourth-order valence-electron chi connectivity index (χ4n) is 8.24. The van der Waals surface area contributed by atoms with Crippen LogP contribution in [-0.2, 0) is 24.7 Å². The molecule has 6 aromatic rings. The number of carbonyl (C=O) groups is 4. The second-order valence-electron chi connectivity index (χ2n) is 14.8. The highest BCUT2D eigenvalue weighted by Crippen LogP contribution is 2.39. The van der Waals surface area contributed by atoms with Crippen molar-refractivity contribution in [3.05, 3.63) is 130 Å². The highest BCUT2D eigenvalue weighted by Gasteiger charge is 2.47. The zero-order valence-corrected chi connectivity index (χ0v) is 32.0. The molecule has 2 fully saturated rings. The molecule has 8 rings (SSSR count). The molecule has 4 aromatic carbocycles. The number of hydrogen-bond donors (Lipinski definition) is 4. The van der Waals surface area contributed by atoms with E-state index >= 15 is 0 Å². The first kappa shape index (κ1) is 37.8. The summed E-state index contributed by atoms with van der Waals surface area (Å²) in [6, 6.07) is 26.9. The number of nitrogens with zero attached hydrogens (tertiary/aromatic N) is 4. The maximum Gasteiger partial charge on any atom is 0.405 e. The van der Waals surface area contributed by atoms with Gasteiger partial charge in [0.1, 0.15) is 11.6 Å². The number of likely N-dealkylation sites (tertiary alicyclic amines) is 2. The topological polar surface area (TPSA) is 203 Å². The monoisotopic (exact) mass is 778 g/mol. The third-order valence-corrected chi connectivity index (χ3v) is 11.0. The summed E-state index contributed by atoms with van der Waals surface area (Å²) in [5, 5.41) is 0. The maximum atomic E-state index is 14.2. The van der Waals surface area contributed by atoms with Crippen molar-refractivity contribution in [1.82, 2.24) is 29.7 Å². The van der Waals surface area contributed by atoms with Crippen LogP contribution >= 0.6 is 0 Å². The number of nitrogens with one attached hydrogen (secondary N) is 2. The van der Waals surface area contributed by atoms with Gasteiger partial charge in [0.2, 0.25) is 11.7 Å². The van der Waals surface area contributed by atoms with Gasteiger partial charge in [-0.1, -0.05) is 66.4 Å². The Labute approximate surface area is 333 Å². The van der Waals surface area contributed by atoms with Gasteiger partial charge in [-0.2, -0.15) is 0 Å². The number of primary amides is 2. The number of rotatable bonds is 8. The molecule has 2 aliphatic heterocycles. The van der Waals surface area contributed by atoms with Crippen molar-refractivity contribution in [2.75, 3.05) is 13.1 Å². The zero-order valence-electron chi connectivity index (χ0n) is 32.0. The number of aromatic amines is 2. The minimum absolute atomic E-state index is 0.335. The number of amides is 4. The molecule has 0 spiro atoms. The molecule has 2 unspecified atom stereocenters. The quantitative estimate of drug-likeness (QED) is 0.129. The second kappa shape index (κ2) is 15.4. The number of fused-ring (bicyclic) bond motifs is 2. The van der Waals surface area contributed by atoms with Gasteiger partial charge in [-0.3, -0.25) is 9.59 Å². The summed E-state index contributed by atoms with van der Waals surface area (Å²) in [5.41, 5.74) is 15.7. The van der Waals surface area contributed by atoms with Gasteiger partial charge in [-0.25, -0.2) is 19.6 Å². The average molecular weight is 779 g/mol. The molecule has 0 bridgehead atoms. The molecule has 0 radical (unpaired) electrons. The Morgan fingerprint density at radius 2 is 1.31 bits per heavy atom. The number of aryl methyl sites for hydroxylation is 1. The number of benzene rings is 4. The number of ether oxygens (including phenoxy) is 2. The number of imidazole rings is 2. The highest BCUT2D eigenvalue weighted by molar-refractivity contribution is 5.90. The Hall–Kier alpha value is -7.14. The fourth-order valence-corrected chi connectivity index (χ4v) is 8.24. The Morgan fingerprint density at radius 3 is 1.88 bits per heavy atom. The molecule has 4 amide bonds. The minimum atomic E-state index is -1.61. The van der Waals surface area contributed by atoms with Crippen LogP contribution in [0.3, 0.4) is 0 Å². The molecular weight excluding hydrogens is 737 g/mol. The lowest BCUT2D eigenvalue weighted by molar-refractivity contribution is -0.152. The molecule has 2 aliphatic rings. The molecule has 14 nitrogen and oxygen atoms in total. The lowest BCUT2D eigenvalue weighted by atomic mass is 9.90. The Bertz CT molecular complexity index is 2630. The summed E-state index contributed by atoms with van der Waals surface area (Å²) < 4.78 is 10.9. The minimum Gasteiger partial charge on any atom is -0.431 e. The molecule has 6 N–H and O–H groups in total. The smallest absolute Gasteiger partial charge is 0.405 e. The van der Waals surface area contributed by atoms with Crippen LogP contribution in [0.1, 0.15) is 90.3 Å². The first-order valence-electron chi connectivity index (χ1n) is 19.2. The molecule has 4 atom stereocenters. The summed E-state index contributed by atoms with van der Waals surface area (Å²) in [4.78, 5) is 71.7. The van der Waals surface area contributed by atoms with Gasteiger partial charge in [0.15, 0.2) is 0 Å². The van der Waals surface area contributed by atoms with Crippen LogP contribution in [0.25, 0.3) is 22.1 Å². The molecule has 4 heterocycles. The number of carbonyl (C=O) groups excluding carboxylic acids is 4. The lowest BCUT2D eigenvalue weighted by Crippen LogP contribution is -2.48. The van der Waals surface area contributed by atoms with E-state index in [2.05, 4.69) is 21.8 Å². The summed E-state index contributed by atoms with van der Waals surface area (Å²) in [6.45, 7) is 4.41. The van der Waals surface area contributed by atoms with Gasteiger partial charge < -0.3 is 40.7 Å². The van der Waals surface area contributed by atoms with Crippen molar-refractivity contribution < 1.29 is 28.7 Å². The van der Waals surface area contributed by atoms with E-state index in [1.807, 2.05) is 61.5 Å². The normalized spacial score (nSPS) is 18.0. The Kier molecular flexibility index (Phi) is 10.0. The van der Waals surface area contributed by atoms with E-state index < -0.39 is 23.9 Å². The van der Waals surface area contributed by atoms with E-state index in [1.54, 1.807) is 53.1 Å². The molecule has 2 saturated heterocycles. The van der Waals surface area contributed by atoms with Crippen LogP contribution in [0.15, 0.2) is 91.0 Å². The summed E-state index contributed by atoms with van der Waals surface area (Å²) in [5.74, 6) is 7.06. The van der Waals surface area contributed by atoms with E-state index in [1.165, 1.54) is 0 Å². The van der Waals surface area contributed by atoms with Crippen LogP contribution in [0, 0.1) is 18.8 Å². The number of H-pyrrole nitrogens is 2. The molecule has 2 aromatic heterocycles. The number of aromatic nitrogens is 4. The summed E-state index contributed by atoms with van der Waals surface area (Å²) >= 11 is 0. The number of nitrogens with two attached hydrogens (primary N) is 2. The highest BCUT2D eigenvalue weighted by atomic mass is 16.6. The molecule has 0 aliphatic carbocycles. The SMILES string of the molecule is Cc1ccccc1[C@@](C)(OC(N)=O)C(=O)N1CCCC1c1nc2ccc(C#Cc3ccc4nc(C5CCCN5C(=O)[C@H](OC(N)=O)c5ccccc5)[nH]c4c3)cc2[nH]1. The van der Waals surface area contributed by atoms with Crippen molar-refractivity contribution in [3.63, 3.8) is 0 Å². The van der Waals surface area contributed by atoms with Gasteiger partial charge >= 0.3 is 12.2 Å². The molecule has 0 saturated carbocycles. The van der Waals surface area contributed by atoms with E-state index in [4.69, 9.17) is 30.9 Å². The zero-order chi connectivity index (χ0) is 40.6. The van der Waals surface area contributed by atoms with Gasteiger partial charge in [0, 0.05) is 35.3 Å². The predicted molar refractivity (Wildman–Crippen MR) is 215 cm³/mol. The van der Waals surface area contributed by atoms with Gasteiger partial charge in [-0.15, -0.1) is 0 Å². The molecule has 14 heteroatoms. The van der Waals surface area contributed by atoms with E-state index in [0.29, 0.717) is 48.7 Å². The first-order valence-corrected chi connectivity index (χ1v) is 19.2. The standard InChI is InChI=1S/C44H42N8O6/c1-26-10-6-7-13-30(26)44(2,58-43(46)56)41(54)52-23-9-15-36(52)39-48-32-21-19-28(25-34(32)50-39)17-16-27-18-20-31-33(24-27)49-38(47-31)35-14-8-22-51(35)40(53)37(57-42(45)55)29-11-4-3-5-12-29/h3-7,10-13,18-21,24-25,35-37H,8-9,14-15,22-23H2,1-2H3,(H2,45,55)(H2,46,56)(H,47,49)(H,48,50)/t35?,36?,37-,44-/m1/s1. The first-order chi connectivity index (χ1) is 28.0. The maximum absolute atomic E-state index is 14.2.